The highest BCUT2D eigenvalue weighted by Gasteiger charge is 2.19. The van der Waals surface area contributed by atoms with Crippen LogP contribution in [0, 0.1) is 0 Å². The molecular formula is C7H10BrN3O. The Morgan fingerprint density at radius 3 is 2.75 bits per heavy atom. The number of aromatic nitrogens is 2. The second-order valence-corrected chi connectivity index (χ2v) is 3.61. The highest BCUT2D eigenvalue weighted by Crippen LogP contribution is 2.23. The van der Waals surface area contributed by atoms with Crippen molar-refractivity contribution in [2.24, 2.45) is 0 Å². The zero-order valence-electron chi connectivity index (χ0n) is 6.59. The maximum absolute atomic E-state index is 4.85. The molecule has 2 heterocycles. The van der Waals surface area contributed by atoms with Gasteiger partial charge in [0.25, 0.3) is 4.80 Å². The molecule has 1 saturated heterocycles. The summed E-state index contributed by atoms with van der Waals surface area (Å²) in [6.45, 7) is 2.10. The molecule has 0 bridgehead atoms. The first-order valence-electron chi connectivity index (χ1n) is 4.06. The van der Waals surface area contributed by atoms with Crippen molar-refractivity contribution in [3.8, 4) is 0 Å². The minimum atomic E-state index is 0.473. The number of piperidine rings is 1. The van der Waals surface area contributed by atoms with Crippen LogP contribution in [-0.2, 0) is 0 Å². The molecule has 1 N–H and O–H groups in total. The number of hydrogen-bond donors (Lipinski definition) is 1. The van der Waals surface area contributed by atoms with E-state index in [1.165, 1.54) is 0 Å². The molecule has 4 nitrogen and oxygen atoms in total. The molecule has 1 aromatic rings. The predicted octanol–water partition coefficient (Wildman–Crippen LogP) is 1.30. The van der Waals surface area contributed by atoms with Gasteiger partial charge < -0.3 is 9.84 Å². The average molecular weight is 232 g/mol. The molecule has 0 unspecified atom stereocenters. The summed E-state index contributed by atoms with van der Waals surface area (Å²) >= 11 is 3.14. The highest BCUT2D eigenvalue weighted by molar-refractivity contribution is 9.10. The summed E-state index contributed by atoms with van der Waals surface area (Å²) in [5.74, 6) is 1.31. The maximum atomic E-state index is 4.85. The third-order valence-electron chi connectivity index (χ3n) is 2.12. The largest absolute Gasteiger partial charge is 0.327 e. The number of hydrogen-bond acceptors (Lipinski definition) is 4. The summed E-state index contributed by atoms with van der Waals surface area (Å²) in [6.07, 6.45) is 2.21. The van der Waals surface area contributed by atoms with E-state index < -0.39 is 0 Å². The standard InChI is InChI=1S/C7H10BrN3O/c8-7-10-6(11-12-7)5-1-3-9-4-2-5/h5,9H,1-4H2. The Hall–Kier alpha value is -0.420. The fourth-order valence-corrected chi connectivity index (χ4v) is 1.72. The van der Waals surface area contributed by atoms with Gasteiger partial charge in [-0.2, -0.15) is 4.98 Å². The van der Waals surface area contributed by atoms with Gasteiger partial charge in [-0.15, -0.1) is 0 Å². The summed E-state index contributed by atoms with van der Waals surface area (Å²) < 4.78 is 4.85. The van der Waals surface area contributed by atoms with Gasteiger partial charge in [0.2, 0.25) is 0 Å². The highest BCUT2D eigenvalue weighted by atomic mass is 79.9. The Labute approximate surface area is 78.9 Å². The van der Waals surface area contributed by atoms with Crippen LogP contribution in [0.1, 0.15) is 24.6 Å². The van der Waals surface area contributed by atoms with Crippen molar-refractivity contribution in [2.45, 2.75) is 18.8 Å². The van der Waals surface area contributed by atoms with Gasteiger partial charge in [0.15, 0.2) is 5.82 Å². The molecule has 1 fully saturated rings. The van der Waals surface area contributed by atoms with Crippen molar-refractivity contribution in [1.29, 1.82) is 0 Å². The van der Waals surface area contributed by atoms with Crippen LogP contribution in [0.3, 0.4) is 0 Å². The molecule has 1 aliphatic heterocycles. The van der Waals surface area contributed by atoms with E-state index in [0.29, 0.717) is 10.7 Å². The van der Waals surface area contributed by atoms with E-state index in [4.69, 9.17) is 4.52 Å². The molecule has 0 atom stereocenters. The molecular weight excluding hydrogens is 222 g/mol. The molecule has 0 radical (unpaired) electrons. The summed E-state index contributed by atoms with van der Waals surface area (Å²) in [4.78, 5) is 4.63. The Balaban J connectivity index is 2.08. The molecule has 0 amide bonds. The fourth-order valence-electron chi connectivity index (χ4n) is 1.46. The SMILES string of the molecule is Brc1nc(C2CCNCC2)no1. The molecule has 0 aliphatic carbocycles. The zero-order chi connectivity index (χ0) is 8.39. The van der Waals surface area contributed by atoms with Crippen molar-refractivity contribution < 1.29 is 4.52 Å². The molecule has 2 rings (SSSR count). The van der Waals surface area contributed by atoms with Gasteiger partial charge >= 0.3 is 0 Å². The van der Waals surface area contributed by atoms with Gasteiger partial charge in [-0.25, -0.2) is 0 Å². The first-order valence-corrected chi connectivity index (χ1v) is 4.85. The fraction of sp³-hybridized carbons (Fsp3) is 0.714. The lowest BCUT2D eigenvalue weighted by Gasteiger charge is -2.18. The van der Waals surface area contributed by atoms with Crippen LogP contribution in [0.2, 0.25) is 0 Å². The first kappa shape index (κ1) is 8.19. The van der Waals surface area contributed by atoms with Gasteiger partial charge in [0.1, 0.15) is 0 Å². The van der Waals surface area contributed by atoms with Crippen LogP contribution in [0.15, 0.2) is 9.32 Å². The Morgan fingerprint density at radius 1 is 1.42 bits per heavy atom. The lowest BCUT2D eigenvalue weighted by atomic mass is 9.98. The number of nitrogens with one attached hydrogen (secondary N) is 1. The second kappa shape index (κ2) is 3.53. The summed E-state index contributed by atoms with van der Waals surface area (Å²) in [5.41, 5.74) is 0. The number of nitrogens with zero attached hydrogens (tertiary/aromatic N) is 2. The van der Waals surface area contributed by atoms with Crippen LogP contribution >= 0.6 is 15.9 Å². The van der Waals surface area contributed by atoms with Crippen molar-refractivity contribution in [2.75, 3.05) is 13.1 Å². The zero-order valence-corrected chi connectivity index (χ0v) is 8.17. The van der Waals surface area contributed by atoms with E-state index in [-0.39, 0.29) is 0 Å². The maximum Gasteiger partial charge on any atom is 0.293 e. The third-order valence-corrected chi connectivity index (χ3v) is 2.44. The number of rotatable bonds is 1. The van der Waals surface area contributed by atoms with E-state index in [2.05, 4.69) is 31.4 Å². The van der Waals surface area contributed by atoms with E-state index in [1.54, 1.807) is 0 Å². The monoisotopic (exact) mass is 231 g/mol. The molecule has 12 heavy (non-hydrogen) atoms. The Bertz CT molecular complexity index is 257. The Kier molecular flexibility index (Phi) is 2.41. The molecule has 0 spiro atoms. The van der Waals surface area contributed by atoms with E-state index in [1.807, 2.05) is 0 Å². The van der Waals surface area contributed by atoms with E-state index >= 15 is 0 Å². The minimum absolute atomic E-state index is 0.473. The Morgan fingerprint density at radius 2 is 2.17 bits per heavy atom. The molecule has 1 aromatic heterocycles. The van der Waals surface area contributed by atoms with Gasteiger partial charge in [-0.1, -0.05) is 5.16 Å². The van der Waals surface area contributed by atoms with Crippen LogP contribution in [0.25, 0.3) is 0 Å². The minimum Gasteiger partial charge on any atom is -0.327 e. The first-order chi connectivity index (χ1) is 5.86. The van der Waals surface area contributed by atoms with E-state index in [9.17, 15) is 0 Å². The average Bonchev–Trinajstić information content (AvgIpc) is 2.54. The third kappa shape index (κ3) is 1.67. The summed E-state index contributed by atoms with van der Waals surface area (Å²) in [6, 6.07) is 0. The summed E-state index contributed by atoms with van der Waals surface area (Å²) in [7, 11) is 0. The quantitative estimate of drug-likeness (QED) is 0.792. The van der Waals surface area contributed by atoms with Crippen LogP contribution < -0.4 is 5.32 Å². The molecule has 1 aliphatic rings. The van der Waals surface area contributed by atoms with Crippen LogP contribution in [0.4, 0.5) is 0 Å². The van der Waals surface area contributed by atoms with Gasteiger partial charge in [0.05, 0.1) is 0 Å². The van der Waals surface area contributed by atoms with Gasteiger partial charge in [-0.05, 0) is 25.9 Å². The normalized spacial score (nSPS) is 19.8. The number of halogens is 1. The topological polar surface area (TPSA) is 51.0 Å². The second-order valence-electron chi connectivity index (χ2n) is 2.93. The molecule has 0 saturated carbocycles. The molecule has 5 heteroatoms. The van der Waals surface area contributed by atoms with Crippen molar-refractivity contribution in [3.05, 3.63) is 10.6 Å². The van der Waals surface area contributed by atoms with Gasteiger partial charge in [0, 0.05) is 21.8 Å². The predicted molar refractivity (Wildman–Crippen MR) is 46.8 cm³/mol. The summed E-state index contributed by atoms with van der Waals surface area (Å²) in [5, 5.41) is 7.17. The van der Waals surface area contributed by atoms with Crippen LogP contribution in [0.5, 0.6) is 0 Å². The lowest BCUT2D eigenvalue weighted by molar-refractivity contribution is 0.372. The smallest absolute Gasteiger partial charge is 0.293 e. The van der Waals surface area contributed by atoms with E-state index in [0.717, 1.165) is 31.8 Å². The van der Waals surface area contributed by atoms with Crippen molar-refractivity contribution in [3.63, 3.8) is 0 Å². The molecule has 66 valence electrons. The van der Waals surface area contributed by atoms with Crippen molar-refractivity contribution in [1.82, 2.24) is 15.5 Å². The lowest BCUT2D eigenvalue weighted by Crippen LogP contribution is -2.27. The van der Waals surface area contributed by atoms with Gasteiger partial charge in [-0.3, -0.25) is 0 Å². The molecule has 0 aromatic carbocycles. The van der Waals surface area contributed by atoms with Crippen molar-refractivity contribution >= 4 is 15.9 Å². The van der Waals surface area contributed by atoms with Crippen LogP contribution in [-0.4, -0.2) is 23.2 Å².